The molecule has 0 aliphatic rings. The minimum atomic E-state index is -0.859. The van der Waals surface area contributed by atoms with Crippen molar-refractivity contribution in [2.45, 2.75) is 32.2 Å². The Hall–Kier alpha value is -1.35. The average Bonchev–Trinajstić information content (AvgIpc) is 2.17. The minimum Gasteiger partial charge on any atom is -0.481 e. The molecule has 0 aliphatic carbocycles. The zero-order chi connectivity index (χ0) is 11.5. The third-order valence-corrected chi connectivity index (χ3v) is 2.78. The molecule has 0 radical (unpaired) electrons. The molecule has 3 nitrogen and oxygen atoms in total. The van der Waals surface area contributed by atoms with Crippen LogP contribution in [-0.2, 0) is 10.3 Å². The fourth-order valence-electron chi connectivity index (χ4n) is 1.81. The van der Waals surface area contributed by atoms with Crippen LogP contribution in [0.15, 0.2) is 24.3 Å². The number of aliphatic carboxylic acids is 1. The molecule has 1 atom stereocenters. The average molecular weight is 207 g/mol. The summed E-state index contributed by atoms with van der Waals surface area (Å²) in [6.45, 7) is 3.86. The maximum atomic E-state index is 10.8. The lowest BCUT2D eigenvalue weighted by Crippen LogP contribution is -2.39. The number of carboxylic acids is 1. The molecule has 0 amide bonds. The Balaban J connectivity index is 3.11. The highest BCUT2D eigenvalue weighted by molar-refractivity contribution is 5.69. The van der Waals surface area contributed by atoms with Gasteiger partial charge in [0.2, 0.25) is 0 Å². The number of rotatable bonds is 4. The van der Waals surface area contributed by atoms with Gasteiger partial charge in [0.25, 0.3) is 0 Å². The van der Waals surface area contributed by atoms with E-state index in [1.54, 1.807) is 0 Å². The second kappa shape index (κ2) is 4.45. The number of carboxylic acid groups (broad SMARTS) is 1. The van der Waals surface area contributed by atoms with E-state index in [0.29, 0.717) is 6.42 Å². The smallest absolute Gasteiger partial charge is 0.305 e. The molecule has 1 aromatic carbocycles. The van der Waals surface area contributed by atoms with E-state index in [4.69, 9.17) is 10.8 Å². The Bertz CT molecular complexity index is 362. The van der Waals surface area contributed by atoms with Gasteiger partial charge in [-0.25, -0.2) is 0 Å². The minimum absolute atomic E-state index is 0.0334. The number of hydrogen-bond acceptors (Lipinski definition) is 2. The van der Waals surface area contributed by atoms with Gasteiger partial charge in [0, 0.05) is 0 Å². The van der Waals surface area contributed by atoms with Gasteiger partial charge in [0.05, 0.1) is 12.0 Å². The summed E-state index contributed by atoms with van der Waals surface area (Å²) < 4.78 is 0. The van der Waals surface area contributed by atoms with Gasteiger partial charge < -0.3 is 10.8 Å². The molecule has 0 aliphatic heterocycles. The number of nitrogens with two attached hydrogens (primary N) is 1. The number of hydrogen-bond donors (Lipinski definition) is 2. The van der Waals surface area contributed by atoms with Crippen LogP contribution in [0.25, 0.3) is 0 Å². The molecule has 0 spiro atoms. The van der Waals surface area contributed by atoms with Gasteiger partial charge >= 0.3 is 5.97 Å². The molecule has 0 fully saturated rings. The molecule has 1 rings (SSSR count). The standard InChI is InChI=1S/C12H17NO2/c1-3-12(13,8-11(14)15)10-7-5-4-6-9(10)2/h4-7H,3,8,13H2,1-2H3,(H,14,15)/t12-/m0/s1. The Labute approximate surface area is 89.9 Å². The van der Waals surface area contributed by atoms with Crippen molar-refractivity contribution < 1.29 is 9.90 Å². The van der Waals surface area contributed by atoms with Crippen molar-refractivity contribution in [3.05, 3.63) is 35.4 Å². The highest BCUT2D eigenvalue weighted by Crippen LogP contribution is 2.28. The monoisotopic (exact) mass is 207 g/mol. The first-order valence-electron chi connectivity index (χ1n) is 5.06. The van der Waals surface area contributed by atoms with Crippen LogP contribution < -0.4 is 5.73 Å². The first-order chi connectivity index (χ1) is 6.99. The van der Waals surface area contributed by atoms with Crippen LogP contribution >= 0.6 is 0 Å². The Kier molecular flexibility index (Phi) is 3.48. The molecule has 82 valence electrons. The summed E-state index contributed by atoms with van der Waals surface area (Å²) in [5.74, 6) is -0.859. The highest BCUT2D eigenvalue weighted by atomic mass is 16.4. The van der Waals surface area contributed by atoms with Crippen molar-refractivity contribution in [2.75, 3.05) is 0 Å². The number of benzene rings is 1. The molecule has 3 heteroatoms. The van der Waals surface area contributed by atoms with E-state index in [-0.39, 0.29) is 6.42 Å². The largest absolute Gasteiger partial charge is 0.481 e. The van der Waals surface area contributed by atoms with Crippen molar-refractivity contribution in [3.63, 3.8) is 0 Å². The van der Waals surface area contributed by atoms with E-state index in [0.717, 1.165) is 11.1 Å². The molecular formula is C12H17NO2. The first kappa shape index (κ1) is 11.7. The molecule has 0 bridgehead atoms. The SMILES string of the molecule is CC[C@](N)(CC(=O)O)c1ccccc1C. The van der Waals surface area contributed by atoms with Gasteiger partial charge in [-0.05, 0) is 24.5 Å². The summed E-state index contributed by atoms with van der Waals surface area (Å²) in [5, 5.41) is 8.85. The fraction of sp³-hybridized carbons (Fsp3) is 0.417. The van der Waals surface area contributed by atoms with Gasteiger partial charge in [0.15, 0.2) is 0 Å². The third kappa shape index (κ3) is 2.57. The normalized spacial score (nSPS) is 14.6. The van der Waals surface area contributed by atoms with Gasteiger partial charge in [0.1, 0.15) is 0 Å². The van der Waals surface area contributed by atoms with Crippen LogP contribution in [0, 0.1) is 6.92 Å². The summed E-state index contributed by atoms with van der Waals surface area (Å²) in [6.07, 6.45) is 0.582. The second-order valence-corrected chi connectivity index (χ2v) is 3.90. The van der Waals surface area contributed by atoms with Crippen LogP contribution in [0.5, 0.6) is 0 Å². The van der Waals surface area contributed by atoms with Crippen LogP contribution in [0.2, 0.25) is 0 Å². The second-order valence-electron chi connectivity index (χ2n) is 3.90. The van der Waals surface area contributed by atoms with E-state index >= 15 is 0 Å². The van der Waals surface area contributed by atoms with E-state index in [1.807, 2.05) is 38.1 Å². The summed E-state index contributed by atoms with van der Waals surface area (Å²) in [6, 6.07) is 7.67. The number of carbonyl (C=O) groups is 1. The van der Waals surface area contributed by atoms with Crippen molar-refractivity contribution in [2.24, 2.45) is 5.73 Å². The molecule has 0 unspecified atom stereocenters. The Morgan fingerprint density at radius 3 is 2.53 bits per heavy atom. The summed E-state index contributed by atoms with van der Waals surface area (Å²) in [7, 11) is 0. The molecule has 3 N–H and O–H groups in total. The number of aryl methyl sites for hydroxylation is 1. The highest BCUT2D eigenvalue weighted by Gasteiger charge is 2.29. The van der Waals surface area contributed by atoms with Crippen molar-refractivity contribution in [1.82, 2.24) is 0 Å². The molecule has 0 saturated carbocycles. The zero-order valence-corrected chi connectivity index (χ0v) is 9.16. The van der Waals surface area contributed by atoms with Gasteiger partial charge in [-0.3, -0.25) is 4.79 Å². The molecule has 0 aromatic heterocycles. The van der Waals surface area contributed by atoms with Crippen LogP contribution in [0.1, 0.15) is 30.9 Å². The first-order valence-corrected chi connectivity index (χ1v) is 5.06. The van der Waals surface area contributed by atoms with E-state index < -0.39 is 11.5 Å². The lowest BCUT2D eigenvalue weighted by atomic mass is 9.83. The summed E-state index contributed by atoms with van der Waals surface area (Å²) in [5.41, 5.74) is 7.36. The molecule has 0 heterocycles. The predicted octanol–water partition coefficient (Wildman–Crippen LogP) is 2.03. The third-order valence-electron chi connectivity index (χ3n) is 2.78. The van der Waals surface area contributed by atoms with E-state index in [1.165, 1.54) is 0 Å². The fourth-order valence-corrected chi connectivity index (χ4v) is 1.81. The quantitative estimate of drug-likeness (QED) is 0.794. The summed E-state index contributed by atoms with van der Waals surface area (Å²) >= 11 is 0. The topological polar surface area (TPSA) is 63.3 Å². The van der Waals surface area contributed by atoms with E-state index in [2.05, 4.69) is 0 Å². The van der Waals surface area contributed by atoms with E-state index in [9.17, 15) is 4.79 Å². The Morgan fingerprint density at radius 2 is 2.07 bits per heavy atom. The van der Waals surface area contributed by atoms with Gasteiger partial charge in [-0.15, -0.1) is 0 Å². The van der Waals surface area contributed by atoms with Crippen LogP contribution in [0.3, 0.4) is 0 Å². The van der Waals surface area contributed by atoms with Crippen molar-refractivity contribution in [1.29, 1.82) is 0 Å². The maximum Gasteiger partial charge on any atom is 0.305 e. The molecular weight excluding hydrogens is 190 g/mol. The maximum absolute atomic E-state index is 10.8. The van der Waals surface area contributed by atoms with Crippen LogP contribution in [-0.4, -0.2) is 11.1 Å². The zero-order valence-electron chi connectivity index (χ0n) is 9.16. The lowest BCUT2D eigenvalue weighted by Gasteiger charge is -2.28. The van der Waals surface area contributed by atoms with Crippen molar-refractivity contribution >= 4 is 5.97 Å². The van der Waals surface area contributed by atoms with Crippen molar-refractivity contribution in [3.8, 4) is 0 Å². The predicted molar refractivity (Wildman–Crippen MR) is 59.6 cm³/mol. The molecule has 1 aromatic rings. The van der Waals surface area contributed by atoms with Gasteiger partial charge in [-0.1, -0.05) is 31.2 Å². The summed E-state index contributed by atoms with van der Waals surface area (Å²) in [4.78, 5) is 10.8. The van der Waals surface area contributed by atoms with Crippen LogP contribution in [0.4, 0.5) is 0 Å². The molecule has 15 heavy (non-hydrogen) atoms. The Morgan fingerprint density at radius 1 is 1.47 bits per heavy atom. The van der Waals surface area contributed by atoms with Gasteiger partial charge in [-0.2, -0.15) is 0 Å². The lowest BCUT2D eigenvalue weighted by molar-refractivity contribution is -0.138. The molecule has 0 saturated heterocycles.